The first kappa shape index (κ1) is 13.4. The fourth-order valence-electron chi connectivity index (χ4n) is 1.61. The molecular weight excluding hydrogens is 266 g/mol. The van der Waals surface area contributed by atoms with Crippen LogP contribution in [0.4, 0.5) is 0 Å². The lowest BCUT2D eigenvalue weighted by Gasteiger charge is -2.17. The zero-order valence-corrected chi connectivity index (χ0v) is 11.5. The Balaban J connectivity index is 2.52. The number of halogens is 1. The molecule has 1 aromatic rings. The molecule has 0 fully saturated rings. The van der Waals surface area contributed by atoms with E-state index in [1.54, 1.807) is 0 Å². The summed E-state index contributed by atoms with van der Waals surface area (Å²) in [5.74, 6) is 0.216. The van der Waals surface area contributed by atoms with Gasteiger partial charge in [0, 0.05) is 23.0 Å². The second-order valence-electron chi connectivity index (χ2n) is 3.71. The van der Waals surface area contributed by atoms with Crippen LogP contribution < -0.4 is 0 Å². The van der Waals surface area contributed by atoms with Crippen molar-refractivity contribution in [3.05, 3.63) is 34.3 Å². The van der Waals surface area contributed by atoms with Gasteiger partial charge in [0.15, 0.2) is 5.78 Å². The summed E-state index contributed by atoms with van der Waals surface area (Å²) in [4.78, 5) is 14.1. The van der Waals surface area contributed by atoms with Gasteiger partial charge in [-0.15, -0.1) is 0 Å². The zero-order valence-electron chi connectivity index (χ0n) is 9.87. The summed E-state index contributed by atoms with van der Waals surface area (Å²) in [6.45, 7) is 7.09. The fourth-order valence-corrected chi connectivity index (χ4v) is 2.00. The van der Waals surface area contributed by atoms with Crippen LogP contribution in [0.3, 0.4) is 0 Å². The van der Waals surface area contributed by atoms with Crippen molar-refractivity contribution in [2.24, 2.45) is 0 Å². The summed E-state index contributed by atoms with van der Waals surface area (Å²) >= 11 is 3.38. The molecule has 0 amide bonds. The minimum Gasteiger partial charge on any atom is -0.303 e. The summed E-state index contributed by atoms with van der Waals surface area (Å²) in [6, 6.07) is 7.58. The van der Waals surface area contributed by atoms with Crippen LogP contribution in [0.5, 0.6) is 0 Å². The van der Waals surface area contributed by atoms with Gasteiger partial charge in [-0.25, -0.2) is 0 Å². The largest absolute Gasteiger partial charge is 0.303 e. The van der Waals surface area contributed by atoms with Gasteiger partial charge in [0.1, 0.15) is 0 Å². The van der Waals surface area contributed by atoms with E-state index in [0.717, 1.165) is 29.7 Å². The third kappa shape index (κ3) is 4.06. The summed E-state index contributed by atoms with van der Waals surface area (Å²) in [6.07, 6.45) is 0.595. The first-order valence-electron chi connectivity index (χ1n) is 5.68. The molecule has 0 aliphatic rings. The lowest BCUT2D eigenvalue weighted by atomic mass is 10.1. The highest BCUT2D eigenvalue weighted by molar-refractivity contribution is 9.10. The summed E-state index contributed by atoms with van der Waals surface area (Å²) in [5.41, 5.74) is 0.793. The molecule has 88 valence electrons. The predicted octanol–water partition coefficient (Wildman–Crippen LogP) is 3.36. The molecule has 0 N–H and O–H groups in total. The Labute approximate surface area is 106 Å². The fraction of sp³-hybridized carbons (Fsp3) is 0.462. The molecule has 16 heavy (non-hydrogen) atoms. The molecule has 0 aliphatic heterocycles. The molecule has 1 rings (SSSR count). The Morgan fingerprint density at radius 2 is 2.00 bits per heavy atom. The van der Waals surface area contributed by atoms with Gasteiger partial charge in [-0.05, 0) is 25.2 Å². The molecule has 1 aromatic carbocycles. The average Bonchev–Trinajstić information content (AvgIpc) is 2.30. The molecule has 0 aromatic heterocycles. The highest BCUT2D eigenvalue weighted by Crippen LogP contribution is 2.13. The van der Waals surface area contributed by atoms with E-state index < -0.39 is 0 Å². The molecule has 0 bridgehead atoms. The standard InChI is InChI=1S/C13H18BrNO/c1-3-15(4-2)9-8-13(16)11-6-5-7-12(14)10-11/h5-7,10H,3-4,8-9H2,1-2H3. The van der Waals surface area contributed by atoms with Crippen LogP contribution in [0, 0.1) is 0 Å². The summed E-state index contributed by atoms with van der Waals surface area (Å²) in [7, 11) is 0. The van der Waals surface area contributed by atoms with E-state index in [0.29, 0.717) is 6.42 Å². The minimum absolute atomic E-state index is 0.216. The SMILES string of the molecule is CCN(CC)CCC(=O)c1cccc(Br)c1. The van der Waals surface area contributed by atoms with E-state index in [2.05, 4.69) is 34.7 Å². The second-order valence-corrected chi connectivity index (χ2v) is 4.63. The summed E-state index contributed by atoms with van der Waals surface area (Å²) in [5, 5.41) is 0. The monoisotopic (exact) mass is 283 g/mol. The Morgan fingerprint density at radius 1 is 1.31 bits per heavy atom. The van der Waals surface area contributed by atoms with E-state index >= 15 is 0 Å². The zero-order chi connectivity index (χ0) is 12.0. The number of ketones is 1. The number of rotatable bonds is 6. The molecule has 0 spiro atoms. The maximum atomic E-state index is 11.9. The molecule has 0 saturated carbocycles. The molecular formula is C13H18BrNO. The molecule has 2 nitrogen and oxygen atoms in total. The number of benzene rings is 1. The molecule has 0 aliphatic carbocycles. The quantitative estimate of drug-likeness (QED) is 0.746. The van der Waals surface area contributed by atoms with Crippen molar-refractivity contribution in [1.29, 1.82) is 0 Å². The van der Waals surface area contributed by atoms with Crippen LogP contribution in [0.25, 0.3) is 0 Å². The van der Waals surface area contributed by atoms with Crippen LogP contribution in [-0.4, -0.2) is 30.3 Å². The number of carbonyl (C=O) groups excluding carboxylic acids is 1. The molecule has 0 heterocycles. The lowest BCUT2D eigenvalue weighted by Crippen LogP contribution is -2.25. The van der Waals surface area contributed by atoms with E-state index in [-0.39, 0.29) is 5.78 Å². The number of carbonyl (C=O) groups is 1. The van der Waals surface area contributed by atoms with E-state index in [1.165, 1.54) is 0 Å². The van der Waals surface area contributed by atoms with Crippen LogP contribution in [0.2, 0.25) is 0 Å². The molecule has 0 saturated heterocycles. The lowest BCUT2D eigenvalue weighted by molar-refractivity contribution is 0.0966. The number of Topliss-reactive ketones (excluding diaryl/α,β-unsaturated/α-hetero) is 1. The molecule has 0 radical (unpaired) electrons. The Bertz CT molecular complexity index is 348. The van der Waals surface area contributed by atoms with Crippen molar-refractivity contribution in [3.8, 4) is 0 Å². The topological polar surface area (TPSA) is 20.3 Å². The highest BCUT2D eigenvalue weighted by atomic mass is 79.9. The Kier molecular flexibility index (Phi) is 5.71. The van der Waals surface area contributed by atoms with E-state index in [9.17, 15) is 4.79 Å². The van der Waals surface area contributed by atoms with Gasteiger partial charge in [-0.1, -0.05) is 41.9 Å². The van der Waals surface area contributed by atoms with Crippen molar-refractivity contribution in [2.45, 2.75) is 20.3 Å². The first-order chi connectivity index (χ1) is 7.67. The second kappa shape index (κ2) is 6.81. The van der Waals surface area contributed by atoms with E-state index in [1.807, 2.05) is 24.3 Å². The first-order valence-corrected chi connectivity index (χ1v) is 6.47. The van der Waals surface area contributed by atoms with Gasteiger partial charge in [-0.3, -0.25) is 4.79 Å². The smallest absolute Gasteiger partial charge is 0.164 e. The van der Waals surface area contributed by atoms with Gasteiger partial charge >= 0.3 is 0 Å². The van der Waals surface area contributed by atoms with Crippen LogP contribution in [0.1, 0.15) is 30.6 Å². The minimum atomic E-state index is 0.216. The Hall–Kier alpha value is -0.670. The van der Waals surface area contributed by atoms with E-state index in [4.69, 9.17) is 0 Å². The molecule has 3 heteroatoms. The van der Waals surface area contributed by atoms with Crippen molar-refractivity contribution < 1.29 is 4.79 Å². The van der Waals surface area contributed by atoms with Crippen LogP contribution >= 0.6 is 15.9 Å². The van der Waals surface area contributed by atoms with Gasteiger partial charge in [-0.2, -0.15) is 0 Å². The number of hydrogen-bond acceptors (Lipinski definition) is 2. The maximum absolute atomic E-state index is 11.9. The highest BCUT2D eigenvalue weighted by Gasteiger charge is 2.08. The van der Waals surface area contributed by atoms with Gasteiger partial charge < -0.3 is 4.90 Å². The maximum Gasteiger partial charge on any atom is 0.164 e. The molecule has 0 atom stereocenters. The number of nitrogens with zero attached hydrogens (tertiary/aromatic N) is 1. The van der Waals surface area contributed by atoms with Crippen molar-refractivity contribution in [3.63, 3.8) is 0 Å². The third-order valence-corrected chi connectivity index (χ3v) is 3.19. The average molecular weight is 284 g/mol. The van der Waals surface area contributed by atoms with Crippen molar-refractivity contribution in [2.75, 3.05) is 19.6 Å². The van der Waals surface area contributed by atoms with Crippen molar-refractivity contribution >= 4 is 21.7 Å². The van der Waals surface area contributed by atoms with Gasteiger partial charge in [0.2, 0.25) is 0 Å². The number of hydrogen-bond donors (Lipinski definition) is 0. The van der Waals surface area contributed by atoms with Gasteiger partial charge in [0.05, 0.1) is 0 Å². The molecule has 0 unspecified atom stereocenters. The van der Waals surface area contributed by atoms with Crippen LogP contribution in [0.15, 0.2) is 28.7 Å². The predicted molar refractivity (Wildman–Crippen MR) is 70.9 cm³/mol. The summed E-state index contributed by atoms with van der Waals surface area (Å²) < 4.78 is 0.959. The van der Waals surface area contributed by atoms with Crippen LogP contribution in [-0.2, 0) is 0 Å². The normalized spacial score (nSPS) is 10.8. The Morgan fingerprint density at radius 3 is 2.56 bits per heavy atom. The van der Waals surface area contributed by atoms with Gasteiger partial charge in [0.25, 0.3) is 0 Å². The van der Waals surface area contributed by atoms with Crippen molar-refractivity contribution in [1.82, 2.24) is 4.90 Å². The third-order valence-electron chi connectivity index (χ3n) is 2.70.